The Morgan fingerprint density at radius 1 is 1.23 bits per heavy atom. The molecule has 0 aliphatic rings. The average Bonchev–Trinajstić information content (AvgIpc) is 2.55. The van der Waals surface area contributed by atoms with Crippen LogP contribution in [0.3, 0.4) is 0 Å². The molecule has 150 valence electrons. The smallest absolute Gasteiger partial charge is 0.422 e. The van der Waals surface area contributed by atoms with Gasteiger partial charge in [-0.2, -0.15) is 24.9 Å². The Balaban J connectivity index is 0.00000625. The summed E-state index contributed by atoms with van der Waals surface area (Å²) in [5, 5.41) is 6.44. The molecule has 4 nitrogen and oxygen atoms in total. The molecule has 1 rings (SSSR count). The van der Waals surface area contributed by atoms with E-state index in [1.54, 1.807) is 30.0 Å². The minimum absolute atomic E-state index is 0. The zero-order chi connectivity index (χ0) is 18.9. The third kappa shape index (κ3) is 11.0. The van der Waals surface area contributed by atoms with Crippen LogP contribution in [0.4, 0.5) is 13.2 Å². The van der Waals surface area contributed by atoms with Gasteiger partial charge in [-0.25, -0.2) is 4.99 Å². The summed E-state index contributed by atoms with van der Waals surface area (Å²) in [6.07, 6.45) is -2.29. The van der Waals surface area contributed by atoms with Gasteiger partial charge in [-0.1, -0.05) is 12.1 Å². The number of rotatable bonds is 8. The number of nitrogens with zero attached hydrogens (tertiary/aromatic N) is 1. The molecule has 0 bridgehead atoms. The van der Waals surface area contributed by atoms with E-state index in [0.717, 1.165) is 18.7 Å². The van der Waals surface area contributed by atoms with Crippen molar-refractivity contribution in [2.45, 2.75) is 38.2 Å². The molecule has 1 aromatic carbocycles. The summed E-state index contributed by atoms with van der Waals surface area (Å²) in [7, 11) is 0. The molecule has 0 amide bonds. The highest BCUT2D eigenvalue weighted by Crippen LogP contribution is 2.20. The van der Waals surface area contributed by atoms with Gasteiger partial charge in [0.25, 0.3) is 0 Å². The molecular formula is C17H27F3IN3OS. The lowest BCUT2D eigenvalue weighted by Gasteiger charge is -2.23. The number of hydrogen-bond donors (Lipinski definition) is 2. The van der Waals surface area contributed by atoms with Crippen molar-refractivity contribution < 1.29 is 17.9 Å². The molecular weight excluding hydrogens is 478 g/mol. The number of benzene rings is 1. The molecule has 0 aliphatic carbocycles. The van der Waals surface area contributed by atoms with Crippen LogP contribution in [0.5, 0.6) is 5.75 Å². The first kappa shape index (κ1) is 25.2. The van der Waals surface area contributed by atoms with Crippen molar-refractivity contribution in [3.63, 3.8) is 0 Å². The summed E-state index contributed by atoms with van der Waals surface area (Å²) in [5.41, 5.74) is 0.779. The van der Waals surface area contributed by atoms with Gasteiger partial charge in [0.2, 0.25) is 0 Å². The van der Waals surface area contributed by atoms with Crippen molar-refractivity contribution in [1.29, 1.82) is 0 Å². The minimum Gasteiger partial charge on any atom is -0.484 e. The summed E-state index contributed by atoms with van der Waals surface area (Å²) >= 11 is 1.76. The number of alkyl halides is 3. The fourth-order valence-electron chi connectivity index (χ4n) is 1.78. The van der Waals surface area contributed by atoms with Gasteiger partial charge in [0.05, 0.1) is 6.54 Å². The Morgan fingerprint density at radius 2 is 1.92 bits per heavy atom. The van der Waals surface area contributed by atoms with Gasteiger partial charge in [0, 0.05) is 17.8 Å². The SMILES string of the molecule is CCNC(=NCc1cccc(OCC(F)(F)F)c1)NCC(C)(C)SC.I. The summed E-state index contributed by atoms with van der Waals surface area (Å²) in [5.74, 6) is 0.859. The molecule has 9 heteroatoms. The van der Waals surface area contributed by atoms with Crippen LogP contribution in [0.1, 0.15) is 26.3 Å². The summed E-state index contributed by atoms with van der Waals surface area (Å²) in [6, 6.07) is 6.54. The number of ether oxygens (including phenoxy) is 1. The fraction of sp³-hybridized carbons (Fsp3) is 0.588. The van der Waals surface area contributed by atoms with E-state index in [9.17, 15) is 13.2 Å². The van der Waals surface area contributed by atoms with Crippen molar-refractivity contribution in [1.82, 2.24) is 10.6 Å². The molecule has 0 aromatic heterocycles. The molecule has 0 radical (unpaired) electrons. The second-order valence-corrected chi connectivity index (χ2v) is 7.58. The van der Waals surface area contributed by atoms with Crippen LogP contribution in [0.15, 0.2) is 29.3 Å². The van der Waals surface area contributed by atoms with Gasteiger partial charge < -0.3 is 15.4 Å². The third-order valence-corrected chi connectivity index (χ3v) is 4.55. The molecule has 0 saturated heterocycles. The lowest BCUT2D eigenvalue weighted by molar-refractivity contribution is -0.153. The predicted octanol–water partition coefficient (Wildman–Crippen LogP) is 4.44. The van der Waals surface area contributed by atoms with Crippen LogP contribution >= 0.6 is 35.7 Å². The Labute approximate surface area is 174 Å². The van der Waals surface area contributed by atoms with E-state index in [4.69, 9.17) is 4.74 Å². The quantitative estimate of drug-likeness (QED) is 0.312. The largest absolute Gasteiger partial charge is 0.484 e. The Bertz CT molecular complexity index is 568. The number of thioether (sulfide) groups is 1. The summed E-state index contributed by atoms with van der Waals surface area (Å²) in [6.45, 7) is 6.76. The maximum absolute atomic E-state index is 12.2. The Hall–Kier alpha value is -0.840. The van der Waals surface area contributed by atoms with E-state index in [0.29, 0.717) is 12.5 Å². The van der Waals surface area contributed by atoms with Crippen LogP contribution in [0.2, 0.25) is 0 Å². The van der Waals surface area contributed by atoms with Crippen LogP contribution in [-0.4, -0.2) is 42.8 Å². The molecule has 0 atom stereocenters. The topological polar surface area (TPSA) is 45.7 Å². The van der Waals surface area contributed by atoms with Gasteiger partial charge in [-0.05, 0) is 44.7 Å². The van der Waals surface area contributed by atoms with Crippen molar-refractivity contribution in [3.05, 3.63) is 29.8 Å². The molecule has 2 N–H and O–H groups in total. The van der Waals surface area contributed by atoms with Gasteiger partial charge in [0.15, 0.2) is 12.6 Å². The van der Waals surface area contributed by atoms with E-state index in [2.05, 4.69) is 35.7 Å². The van der Waals surface area contributed by atoms with Crippen LogP contribution in [-0.2, 0) is 6.54 Å². The first-order valence-corrected chi connectivity index (χ1v) is 9.23. The van der Waals surface area contributed by atoms with Crippen LogP contribution in [0, 0.1) is 0 Å². The monoisotopic (exact) mass is 505 g/mol. The van der Waals surface area contributed by atoms with Crippen LogP contribution in [0.25, 0.3) is 0 Å². The van der Waals surface area contributed by atoms with Gasteiger partial charge in [-0.3, -0.25) is 0 Å². The first-order valence-electron chi connectivity index (χ1n) is 8.01. The summed E-state index contributed by atoms with van der Waals surface area (Å²) in [4.78, 5) is 4.48. The first-order chi connectivity index (χ1) is 11.6. The van der Waals surface area contributed by atoms with Crippen molar-refractivity contribution in [3.8, 4) is 5.75 Å². The molecule has 0 spiro atoms. The molecule has 0 aliphatic heterocycles. The lowest BCUT2D eigenvalue weighted by atomic mass is 10.2. The van der Waals surface area contributed by atoms with Crippen LogP contribution < -0.4 is 15.4 Å². The Kier molecular flexibility index (Phi) is 11.4. The summed E-state index contributed by atoms with van der Waals surface area (Å²) < 4.78 is 41.5. The third-order valence-electron chi connectivity index (χ3n) is 3.30. The van der Waals surface area contributed by atoms with Crippen molar-refractivity contribution in [2.75, 3.05) is 26.0 Å². The number of halogens is 4. The van der Waals surface area contributed by atoms with Gasteiger partial charge >= 0.3 is 6.18 Å². The second kappa shape index (κ2) is 11.8. The minimum atomic E-state index is -4.35. The molecule has 0 unspecified atom stereocenters. The number of guanidine groups is 1. The number of hydrogen-bond acceptors (Lipinski definition) is 3. The van der Waals surface area contributed by atoms with Gasteiger partial charge in [0.1, 0.15) is 5.75 Å². The number of nitrogens with one attached hydrogen (secondary N) is 2. The standard InChI is InChI=1S/C17H26F3N3OS.HI/c1-5-21-15(23-11-16(2,3)25-4)22-10-13-7-6-8-14(9-13)24-12-17(18,19)20;/h6-9H,5,10-12H2,1-4H3,(H2,21,22,23);1H. The predicted molar refractivity (Wildman–Crippen MR) is 114 cm³/mol. The van der Waals surface area contributed by atoms with E-state index in [1.165, 1.54) is 6.07 Å². The lowest BCUT2D eigenvalue weighted by Crippen LogP contribution is -2.43. The van der Waals surface area contributed by atoms with E-state index in [1.807, 2.05) is 6.92 Å². The molecule has 0 saturated carbocycles. The molecule has 0 fully saturated rings. The van der Waals surface area contributed by atoms with E-state index < -0.39 is 12.8 Å². The van der Waals surface area contributed by atoms with E-state index in [-0.39, 0.29) is 34.5 Å². The fourth-order valence-corrected chi connectivity index (χ4v) is 2.00. The highest BCUT2D eigenvalue weighted by molar-refractivity contribution is 14.0. The Morgan fingerprint density at radius 3 is 2.50 bits per heavy atom. The van der Waals surface area contributed by atoms with Gasteiger partial charge in [-0.15, -0.1) is 24.0 Å². The molecule has 26 heavy (non-hydrogen) atoms. The van der Waals surface area contributed by atoms with Crippen molar-refractivity contribution >= 4 is 41.7 Å². The zero-order valence-electron chi connectivity index (χ0n) is 15.4. The maximum atomic E-state index is 12.2. The average molecular weight is 505 g/mol. The van der Waals surface area contributed by atoms with Crippen molar-refractivity contribution in [2.24, 2.45) is 4.99 Å². The highest BCUT2D eigenvalue weighted by Gasteiger charge is 2.28. The number of aliphatic imine (C=N–C) groups is 1. The normalized spacial score (nSPS) is 12.3. The highest BCUT2D eigenvalue weighted by atomic mass is 127. The molecule has 0 heterocycles. The maximum Gasteiger partial charge on any atom is 0.422 e. The second-order valence-electron chi connectivity index (χ2n) is 6.06. The zero-order valence-corrected chi connectivity index (χ0v) is 18.6. The molecule has 1 aromatic rings. The van der Waals surface area contributed by atoms with E-state index >= 15 is 0 Å².